The van der Waals surface area contributed by atoms with Gasteiger partial charge in [0.15, 0.2) is 0 Å². The van der Waals surface area contributed by atoms with Crippen LogP contribution in [0.2, 0.25) is 0 Å². The molecule has 1 atom stereocenters. The van der Waals surface area contributed by atoms with Crippen LogP contribution in [0.1, 0.15) is 22.0 Å². The third kappa shape index (κ3) is 2.31. The number of rotatable bonds is 3. The smallest absolute Gasteiger partial charge is 0.123 e. The van der Waals surface area contributed by atoms with Crippen molar-refractivity contribution in [2.75, 3.05) is 7.05 Å². The summed E-state index contributed by atoms with van der Waals surface area (Å²) in [5.74, 6) is -0.181. The van der Waals surface area contributed by atoms with Crippen molar-refractivity contribution in [3.8, 4) is 0 Å². The fraction of sp³-hybridized carbons (Fsp3) is 0.200. The molecule has 1 aromatic carbocycles. The predicted octanol–water partition coefficient (Wildman–Crippen LogP) is 4.72. The van der Waals surface area contributed by atoms with Gasteiger partial charge in [0.1, 0.15) is 5.82 Å². The van der Waals surface area contributed by atoms with E-state index < -0.39 is 0 Å². The van der Waals surface area contributed by atoms with Gasteiger partial charge in [-0.1, -0.05) is 6.07 Å². The number of nitrogens with one attached hydrogen (secondary N) is 1. The Morgan fingerprint density at radius 2 is 2.00 bits per heavy atom. The predicted molar refractivity (Wildman–Crippen MR) is 81.7 cm³/mol. The van der Waals surface area contributed by atoms with Crippen LogP contribution in [0.3, 0.4) is 0 Å². The first-order valence-corrected chi connectivity index (χ1v) is 7.79. The Balaban J connectivity index is 2.09. The second-order valence-corrected chi connectivity index (χ2v) is 6.58. The zero-order valence-corrected chi connectivity index (χ0v) is 12.4. The molecule has 0 aliphatic carbocycles. The lowest BCUT2D eigenvalue weighted by molar-refractivity contribution is 0.616. The number of hydrogen-bond donors (Lipinski definition) is 1. The van der Waals surface area contributed by atoms with Crippen LogP contribution in [0, 0.1) is 12.7 Å². The van der Waals surface area contributed by atoms with Gasteiger partial charge in [0, 0.05) is 14.3 Å². The maximum atomic E-state index is 13.5. The van der Waals surface area contributed by atoms with Gasteiger partial charge in [0.05, 0.1) is 6.04 Å². The van der Waals surface area contributed by atoms with Gasteiger partial charge in [-0.3, -0.25) is 0 Å². The molecule has 2 heterocycles. The average molecular weight is 291 g/mol. The number of fused-ring (bicyclic) bond motifs is 1. The van der Waals surface area contributed by atoms with Crippen LogP contribution in [-0.4, -0.2) is 7.05 Å². The number of thiophene rings is 2. The zero-order chi connectivity index (χ0) is 13.4. The highest BCUT2D eigenvalue weighted by atomic mass is 32.1. The van der Waals surface area contributed by atoms with Gasteiger partial charge in [-0.25, -0.2) is 4.39 Å². The van der Waals surface area contributed by atoms with E-state index in [0.29, 0.717) is 0 Å². The fourth-order valence-corrected chi connectivity index (χ4v) is 4.55. The highest BCUT2D eigenvalue weighted by Gasteiger charge is 2.17. The van der Waals surface area contributed by atoms with E-state index in [-0.39, 0.29) is 11.9 Å². The summed E-state index contributed by atoms with van der Waals surface area (Å²) >= 11 is 3.52. The molecule has 1 N–H and O–H groups in total. The first-order chi connectivity index (χ1) is 9.19. The van der Waals surface area contributed by atoms with Crippen LogP contribution in [0.4, 0.5) is 4.39 Å². The summed E-state index contributed by atoms with van der Waals surface area (Å²) in [6.07, 6.45) is 0. The van der Waals surface area contributed by atoms with Crippen LogP contribution >= 0.6 is 22.7 Å². The molecule has 3 rings (SSSR count). The van der Waals surface area contributed by atoms with Crippen molar-refractivity contribution in [1.82, 2.24) is 5.32 Å². The molecule has 0 saturated heterocycles. The van der Waals surface area contributed by atoms with E-state index in [9.17, 15) is 4.39 Å². The number of hydrogen-bond acceptors (Lipinski definition) is 3. The molecular formula is C15H14FNS2. The lowest BCUT2D eigenvalue weighted by Crippen LogP contribution is -2.17. The molecule has 98 valence electrons. The summed E-state index contributed by atoms with van der Waals surface area (Å²) in [5, 5.41) is 5.41. The average Bonchev–Trinajstić information content (AvgIpc) is 2.95. The summed E-state index contributed by atoms with van der Waals surface area (Å²) in [6.45, 7) is 2.02. The Bertz CT molecular complexity index is 685. The van der Waals surface area contributed by atoms with Crippen LogP contribution in [0.5, 0.6) is 0 Å². The van der Waals surface area contributed by atoms with Gasteiger partial charge in [-0.15, -0.1) is 22.7 Å². The normalized spacial score (nSPS) is 13.0. The maximum absolute atomic E-state index is 13.5. The third-order valence-electron chi connectivity index (χ3n) is 3.28. The largest absolute Gasteiger partial charge is 0.309 e. The highest BCUT2D eigenvalue weighted by Crippen LogP contribution is 2.36. The Morgan fingerprint density at radius 3 is 2.74 bits per heavy atom. The SMILES string of the molecule is CNC(c1cc2sccc2s1)c1cc(F)ccc1C. The summed E-state index contributed by atoms with van der Waals surface area (Å²) in [4.78, 5) is 1.23. The van der Waals surface area contributed by atoms with Crippen LogP contribution < -0.4 is 5.32 Å². The molecule has 0 aliphatic heterocycles. The molecule has 1 unspecified atom stereocenters. The monoisotopic (exact) mass is 291 g/mol. The number of aryl methyl sites for hydroxylation is 1. The van der Waals surface area contributed by atoms with Gasteiger partial charge in [0.25, 0.3) is 0 Å². The molecule has 1 nitrogen and oxygen atoms in total. The van der Waals surface area contributed by atoms with Crippen LogP contribution in [-0.2, 0) is 0 Å². The van der Waals surface area contributed by atoms with Crippen LogP contribution in [0.15, 0.2) is 35.7 Å². The Hall–Kier alpha value is -1.23. The molecule has 0 spiro atoms. The van der Waals surface area contributed by atoms with Gasteiger partial charge in [-0.2, -0.15) is 0 Å². The van der Waals surface area contributed by atoms with E-state index in [0.717, 1.165) is 11.1 Å². The fourth-order valence-electron chi connectivity index (χ4n) is 2.30. The quantitative estimate of drug-likeness (QED) is 0.736. The van der Waals surface area contributed by atoms with Gasteiger partial charge in [0.2, 0.25) is 0 Å². The number of benzene rings is 1. The Morgan fingerprint density at radius 1 is 1.16 bits per heavy atom. The third-order valence-corrected chi connectivity index (χ3v) is 5.44. The first-order valence-electron chi connectivity index (χ1n) is 6.09. The van der Waals surface area contributed by atoms with Crippen molar-refractivity contribution >= 4 is 32.1 Å². The molecule has 19 heavy (non-hydrogen) atoms. The Kier molecular flexibility index (Phi) is 3.39. The van der Waals surface area contributed by atoms with Gasteiger partial charge < -0.3 is 5.32 Å². The second kappa shape index (κ2) is 5.04. The molecule has 2 aromatic heterocycles. The van der Waals surface area contributed by atoms with E-state index in [4.69, 9.17) is 0 Å². The molecule has 0 radical (unpaired) electrons. The second-order valence-electron chi connectivity index (χ2n) is 4.52. The molecule has 0 amide bonds. The van der Waals surface area contributed by atoms with Crippen molar-refractivity contribution in [2.24, 2.45) is 0 Å². The van der Waals surface area contributed by atoms with E-state index in [1.165, 1.54) is 20.3 Å². The van der Waals surface area contributed by atoms with Crippen molar-refractivity contribution < 1.29 is 4.39 Å². The van der Waals surface area contributed by atoms with Crippen molar-refractivity contribution in [2.45, 2.75) is 13.0 Å². The van der Waals surface area contributed by atoms with E-state index >= 15 is 0 Å². The minimum Gasteiger partial charge on any atom is -0.309 e. The topological polar surface area (TPSA) is 12.0 Å². The van der Waals surface area contributed by atoms with E-state index in [1.807, 2.05) is 20.0 Å². The standard InChI is InChI=1S/C15H14FNS2/c1-9-3-4-10(16)7-11(9)15(17-2)14-8-13-12(19-14)5-6-18-13/h3-8,15,17H,1-2H3. The van der Waals surface area contributed by atoms with Gasteiger partial charge >= 0.3 is 0 Å². The number of halogens is 1. The minimum atomic E-state index is -0.181. The molecule has 0 aliphatic rings. The summed E-state index contributed by atoms with van der Waals surface area (Å²) in [5.41, 5.74) is 2.12. The lowest BCUT2D eigenvalue weighted by Gasteiger charge is -2.17. The minimum absolute atomic E-state index is 0.0558. The van der Waals surface area contributed by atoms with Crippen LogP contribution in [0.25, 0.3) is 9.40 Å². The highest BCUT2D eigenvalue weighted by molar-refractivity contribution is 7.27. The molecule has 0 fully saturated rings. The van der Waals surface area contributed by atoms with E-state index in [2.05, 4.69) is 22.8 Å². The molecular weight excluding hydrogens is 277 g/mol. The van der Waals surface area contributed by atoms with Crippen molar-refractivity contribution in [3.05, 3.63) is 57.5 Å². The summed E-state index contributed by atoms with van der Waals surface area (Å²) < 4.78 is 16.1. The summed E-state index contributed by atoms with van der Waals surface area (Å²) in [7, 11) is 1.92. The molecule has 0 bridgehead atoms. The van der Waals surface area contributed by atoms with Gasteiger partial charge in [-0.05, 0) is 54.7 Å². The van der Waals surface area contributed by atoms with Crippen molar-refractivity contribution in [1.29, 1.82) is 0 Å². The maximum Gasteiger partial charge on any atom is 0.123 e. The first kappa shape index (κ1) is 12.8. The lowest BCUT2D eigenvalue weighted by atomic mass is 10.00. The molecule has 0 saturated carbocycles. The summed E-state index contributed by atoms with van der Waals surface area (Å²) in [6, 6.07) is 9.38. The zero-order valence-electron chi connectivity index (χ0n) is 10.7. The van der Waals surface area contributed by atoms with E-state index in [1.54, 1.807) is 28.7 Å². The van der Waals surface area contributed by atoms with Crippen molar-refractivity contribution in [3.63, 3.8) is 0 Å². The molecule has 3 aromatic rings. The molecule has 4 heteroatoms. The Labute approximate surface area is 119 Å².